The summed E-state index contributed by atoms with van der Waals surface area (Å²) in [6.07, 6.45) is -0.880. The Balaban J connectivity index is 0.000000980. The number of carbonyl (C=O) groups is 3. The Morgan fingerprint density at radius 2 is 1.59 bits per heavy atom. The summed E-state index contributed by atoms with van der Waals surface area (Å²) in [6.45, 7) is 2.57. The highest BCUT2D eigenvalue weighted by molar-refractivity contribution is 6.06. The van der Waals surface area contributed by atoms with E-state index in [1.807, 2.05) is 0 Å². The van der Waals surface area contributed by atoms with E-state index in [1.54, 1.807) is 0 Å². The zero-order valence-corrected chi connectivity index (χ0v) is 11.6. The molecule has 9 heteroatoms. The number of hydrogen-bond acceptors (Lipinski definition) is 4. The molecule has 0 amide bonds. The van der Waals surface area contributed by atoms with E-state index in [-0.39, 0.29) is 12.7 Å². The van der Waals surface area contributed by atoms with Crippen LogP contribution in [0.4, 0.5) is 17.6 Å². The summed E-state index contributed by atoms with van der Waals surface area (Å²) in [4.78, 5) is 31.3. The van der Waals surface area contributed by atoms with Gasteiger partial charge in [0, 0.05) is 6.92 Å². The third-order valence-electron chi connectivity index (χ3n) is 2.01. The first kappa shape index (κ1) is 19.6. The molecule has 1 aromatic carbocycles. The van der Waals surface area contributed by atoms with Gasteiger partial charge in [-0.2, -0.15) is 0 Å². The van der Waals surface area contributed by atoms with Gasteiger partial charge in [0.2, 0.25) is 0 Å². The Labute approximate surface area is 122 Å². The van der Waals surface area contributed by atoms with Crippen molar-refractivity contribution in [1.29, 1.82) is 0 Å². The minimum absolute atomic E-state index is 0.000730. The summed E-state index contributed by atoms with van der Waals surface area (Å²) in [7, 11) is 0. The van der Waals surface area contributed by atoms with Gasteiger partial charge in [0.05, 0.1) is 12.2 Å². The van der Waals surface area contributed by atoms with Crippen LogP contribution in [-0.4, -0.2) is 29.4 Å². The monoisotopic (exact) mass is 324 g/mol. The number of esters is 1. The van der Waals surface area contributed by atoms with E-state index in [4.69, 9.17) is 9.90 Å². The predicted octanol–water partition coefficient (Wildman–Crippen LogP) is 2.47. The van der Waals surface area contributed by atoms with Gasteiger partial charge < -0.3 is 9.84 Å². The van der Waals surface area contributed by atoms with Crippen molar-refractivity contribution in [2.75, 3.05) is 6.61 Å². The number of hydrogen-bond donors (Lipinski definition) is 1. The number of carboxylic acids is 1. The maximum Gasteiger partial charge on any atom is 0.313 e. The predicted molar refractivity (Wildman–Crippen MR) is 65.2 cm³/mol. The SMILES string of the molecule is CC(=O)O.CCOC(=O)CC(=O)c1cc(F)c(F)c(F)c1F. The molecule has 0 spiro atoms. The van der Waals surface area contributed by atoms with Crippen molar-refractivity contribution >= 4 is 17.7 Å². The lowest BCUT2D eigenvalue weighted by molar-refractivity contribution is -0.142. The number of halogens is 4. The van der Waals surface area contributed by atoms with Crippen LogP contribution < -0.4 is 0 Å². The van der Waals surface area contributed by atoms with E-state index in [1.165, 1.54) is 6.92 Å². The summed E-state index contributed by atoms with van der Waals surface area (Å²) in [5.74, 6) is -10.6. The second kappa shape index (κ2) is 8.75. The number of carbonyl (C=O) groups excluding carboxylic acids is 2. The molecule has 1 N–H and O–H groups in total. The second-order valence-electron chi connectivity index (χ2n) is 3.77. The summed E-state index contributed by atoms with van der Waals surface area (Å²) >= 11 is 0. The van der Waals surface area contributed by atoms with E-state index < -0.39 is 53.0 Å². The van der Waals surface area contributed by atoms with E-state index in [0.717, 1.165) is 6.92 Å². The lowest BCUT2D eigenvalue weighted by Crippen LogP contribution is -2.14. The van der Waals surface area contributed by atoms with Gasteiger partial charge in [-0.05, 0) is 13.0 Å². The molecule has 0 atom stereocenters. The number of benzene rings is 1. The maximum atomic E-state index is 13.2. The van der Waals surface area contributed by atoms with Gasteiger partial charge in [-0.3, -0.25) is 14.4 Å². The van der Waals surface area contributed by atoms with Crippen molar-refractivity contribution in [2.45, 2.75) is 20.3 Å². The van der Waals surface area contributed by atoms with Crippen molar-refractivity contribution in [3.63, 3.8) is 0 Å². The molecule has 0 aromatic heterocycles. The Hall–Kier alpha value is -2.45. The van der Waals surface area contributed by atoms with Crippen molar-refractivity contribution in [2.24, 2.45) is 0 Å². The van der Waals surface area contributed by atoms with Crippen LogP contribution in [0.25, 0.3) is 0 Å². The Morgan fingerprint density at radius 1 is 1.09 bits per heavy atom. The fourth-order valence-electron chi connectivity index (χ4n) is 1.21. The summed E-state index contributed by atoms with van der Waals surface area (Å²) in [5.41, 5.74) is -1.03. The number of ether oxygens (including phenoxy) is 1. The number of ketones is 1. The molecule has 0 unspecified atom stereocenters. The van der Waals surface area contributed by atoms with Crippen molar-refractivity contribution in [1.82, 2.24) is 0 Å². The average Bonchev–Trinajstić information content (AvgIpc) is 2.40. The first-order chi connectivity index (χ1) is 10.1. The van der Waals surface area contributed by atoms with Crippen LogP contribution in [0.5, 0.6) is 0 Å². The maximum absolute atomic E-state index is 13.2. The molecule has 5 nitrogen and oxygen atoms in total. The van der Waals surface area contributed by atoms with Crippen LogP contribution in [0.3, 0.4) is 0 Å². The molecular weight excluding hydrogens is 312 g/mol. The van der Waals surface area contributed by atoms with E-state index >= 15 is 0 Å². The van der Waals surface area contributed by atoms with Crippen LogP contribution in [-0.2, 0) is 14.3 Å². The third-order valence-corrected chi connectivity index (χ3v) is 2.01. The van der Waals surface area contributed by atoms with Crippen molar-refractivity contribution < 1.29 is 41.8 Å². The molecule has 1 aromatic rings. The van der Waals surface area contributed by atoms with Crippen LogP contribution in [0.1, 0.15) is 30.6 Å². The summed E-state index contributed by atoms with van der Waals surface area (Å²) in [5, 5.41) is 7.42. The average molecular weight is 324 g/mol. The highest BCUT2D eigenvalue weighted by atomic mass is 19.2. The van der Waals surface area contributed by atoms with Crippen LogP contribution in [0, 0.1) is 23.3 Å². The lowest BCUT2D eigenvalue weighted by Gasteiger charge is -2.05. The molecule has 0 aliphatic rings. The van der Waals surface area contributed by atoms with E-state index in [0.29, 0.717) is 0 Å². The molecule has 0 bridgehead atoms. The first-order valence-corrected chi connectivity index (χ1v) is 5.83. The molecule has 1 rings (SSSR count). The quantitative estimate of drug-likeness (QED) is 0.230. The fraction of sp³-hybridized carbons (Fsp3) is 0.308. The standard InChI is InChI=1S/C11H8F4O3.C2H4O2/c1-2-18-8(17)4-7(16)5-3-6(12)10(14)11(15)9(5)13;1-2(3)4/h3H,2,4H2,1H3;1H3,(H,3,4). The molecular formula is C13H12F4O5. The smallest absolute Gasteiger partial charge is 0.313 e. The highest BCUT2D eigenvalue weighted by Gasteiger charge is 2.24. The van der Waals surface area contributed by atoms with Gasteiger partial charge in [0.15, 0.2) is 29.1 Å². The number of rotatable bonds is 4. The summed E-state index contributed by atoms with van der Waals surface area (Å²) in [6, 6.07) is 0.204. The van der Waals surface area contributed by atoms with Gasteiger partial charge in [0.1, 0.15) is 6.42 Å². The van der Waals surface area contributed by atoms with Crippen LogP contribution in [0.15, 0.2) is 6.07 Å². The van der Waals surface area contributed by atoms with Crippen LogP contribution >= 0.6 is 0 Å². The Kier molecular flexibility index (Phi) is 7.78. The Morgan fingerprint density at radius 3 is 2.05 bits per heavy atom. The minimum Gasteiger partial charge on any atom is -0.481 e. The third kappa shape index (κ3) is 5.90. The molecule has 22 heavy (non-hydrogen) atoms. The van der Waals surface area contributed by atoms with Gasteiger partial charge in [-0.1, -0.05) is 0 Å². The number of aliphatic carboxylic acids is 1. The zero-order valence-electron chi connectivity index (χ0n) is 11.6. The first-order valence-electron chi connectivity index (χ1n) is 5.83. The lowest BCUT2D eigenvalue weighted by atomic mass is 10.1. The van der Waals surface area contributed by atoms with Crippen molar-refractivity contribution in [3.05, 3.63) is 34.9 Å². The highest BCUT2D eigenvalue weighted by Crippen LogP contribution is 2.20. The normalized spacial score (nSPS) is 9.55. The van der Waals surface area contributed by atoms with E-state index in [2.05, 4.69) is 4.74 Å². The molecule has 0 saturated carbocycles. The van der Waals surface area contributed by atoms with Gasteiger partial charge in [-0.15, -0.1) is 0 Å². The molecule has 122 valence electrons. The number of Topliss-reactive ketones (excluding diaryl/α,β-unsaturated/α-hetero) is 1. The number of carboxylic acid groups (broad SMARTS) is 1. The molecule has 0 aliphatic carbocycles. The molecule has 0 fully saturated rings. The van der Waals surface area contributed by atoms with Crippen LogP contribution in [0.2, 0.25) is 0 Å². The second-order valence-corrected chi connectivity index (χ2v) is 3.77. The summed E-state index contributed by atoms with van der Waals surface area (Å²) < 4.78 is 55.9. The molecule has 0 saturated heterocycles. The molecule has 0 radical (unpaired) electrons. The Bertz CT molecular complexity index is 582. The van der Waals surface area contributed by atoms with Gasteiger partial charge in [0.25, 0.3) is 5.97 Å². The van der Waals surface area contributed by atoms with Gasteiger partial charge in [-0.25, -0.2) is 17.6 Å². The van der Waals surface area contributed by atoms with E-state index in [9.17, 15) is 27.2 Å². The molecule has 0 aliphatic heterocycles. The molecule has 0 heterocycles. The minimum atomic E-state index is -2.10. The topological polar surface area (TPSA) is 80.7 Å². The van der Waals surface area contributed by atoms with Crippen molar-refractivity contribution in [3.8, 4) is 0 Å². The fourth-order valence-corrected chi connectivity index (χ4v) is 1.21. The largest absolute Gasteiger partial charge is 0.481 e. The zero-order chi connectivity index (χ0) is 17.4. The van der Waals surface area contributed by atoms with Gasteiger partial charge >= 0.3 is 5.97 Å².